The zero-order chi connectivity index (χ0) is 23.0. The maximum absolute atomic E-state index is 12.3. The first kappa shape index (κ1) is 24.6. The van der Waals surface area contributed by atoms with Crippen LogP contribution in [0.15, 0.2) is 30.3 Å². The third kappa shape index (κ3) is 4.99. The summed E-state index contributed by atoms with van der Waals surface area (Å²) in [6.45, 7) is 5.03. The fraction of sp³-hybridized carbons (Fsp3) is 0.739. The molecule has 2 saturated heterocycles. The Morgan fingerprint density at radius 2 is 1.87 bits per heavy atom. The van der Waals surface area contributed by atoms with E-state index in [1.165, 1.54) is 0 Å². The van der Waals surface area contributed by atoms with Gasteiger partial charge in [0.2, 0.25) is 10.0 Å². The van der Waals surface area contributed by atoms with Gasteiger partial charge in [-0.15, -0.1) is 0 Å². The van der Waals surface area contributed by atoms with Crippen molar-refractivity contribution in [2.45, 2.75) is 87.1 Å². The zero-order valence-electron chi connectivity index (χ0n) is 19.3. The number of hydrogen-bond donors (Lipinski definition) is 3. The third-order valence-corrected chi connectivity index (χ3v) is 8.98. The van der Waals surface area contributed by atoms with Crippen LogP contribution in [-0.4, -0.2) is 78.9 Å². The number of hydrogen-bond acceptors (Lipinski definition) is 6. The molecule has 2 aliphatic rings. The molecule has 3 rings (SSSR count). The second-order valence-electron chi connectivity index (χ2n) is 9.97. The normalized spacial score (nSPS) is 35.2. The predicted molar refractivity (Wildman–Crippen MR) is 121 cm³/mol. The number of sulfonamides is 1. The molecule has 0 spiro atoms. The van der Waals surface area contributed by atoms with Gasteiger partial charge in [-0.2, -0.15) is 0 Å². The molecular weight excluding hydrogens is 416 g/mol. The number of aliphatic hydroxyl groups excluding tert-OH is 2. The Bertz CT molecular complexity index is 847. The van der Waals surface area contributed by atoms with Crippen molar-refractivity contribution in [2.24, 2.45) is 0 Å². The lowest BCUT2D eigenvalue weighted by Gasteiger charge is -2.52. The number of rotatable bonds is 7. The minimum atomic E-state index is -3.51. The molecule has 2 heterocycles. The second-order valence-corrected chi connectivity index (χ2v) is 12.3. The monoisotopic (exact) mass is 454 g/mol. The molecule has 0 unspecified atom stereocenters. The SMILES string of the molecule is CC(C)S(=O)(=O)NC[C@@H](O)[C@]12CC[C@@H](N(C)C)[C@H](O)[C@](C)(C[C@@H](c3ccccc3)C1)O2. The third-order valence-electron chi connectivity index (χ3n) is 7.17. The van der Waals surface area contributed by atoms with Crippen LogP contribution in [0.5, 0.6) is 0 Å². The van der Waals surface area contributed by atoms with E-state index in [4.69, 9.17) is 4.74 Å². The van der Waals surface area contributed by atoms with Gasteiger partial charge < -0.3 is 19.8 Å². The van der Waals surface area contributed by atoms with E-state index in [-0.39, 0.29) is 18.5 Å². The Hall–Kier alpha value is -1.03. The second kappa shape index (κ2) is 9.08. The van der Waals surface area contributed by atoms with Gasteiger partial charge in [-0.3, -0.25) is 0 Å². The number of nitrogens with one attached hydrogen (secondary N) is 1. The van der Waals surface area contributed by atoms with E-state index in [9.17, 15) is 18.6 Å². The summed E-state index contributed by atoms with van der Waals surface area (Å²) in [6, 6.07) is 10.00. The summed E-state index contributed by atoms with van der Waals surface area (Å²) in [5, 5.41) is 22.0. The molecule has 6 atom stereocenters. The highest BCUT2D eigenvalue weighted by Crippen LogP contribution is 2.51. The van der Waals surface area contributed by atoms with E-state index in [0.29, 0.717) is 25.7 Å². The Labute approximate surface area is 186 Å². The summed E-state index contributed by atoms with van der Waals surface area (Å²) in [6.07, 6.45) is 0.643. The fourth-order valence-electron chi connectivity index (χ4n) is 5.24. The van der Waals surface area contributed by atoms with Crippen LogP contribution in [0.2, 0.25) is 0 Å². The van der Waals surface area contributed by atoms with Crippen LogP contribution in [0.25, 0.3) is 0 Å². The van der Waals surface area contributed by atoms with Gasteiger partial charge in [-0.05, 0) is 72.0 Å². The summed E-state index contributed by atoms with van der Waals surface area (Å²) in [4.78, 5) is 2.01. The van der Waals surface area contributed by atoms with Gasteiger partial charge in [-0.25, -0.2) is 13.1 Å². The summed E-state index contributed by atoms with van der Waals surface area (Å²) in [5.41, 5.74) is -0.659. The molecular formula is C23H38N2O5S. The lowest BCUT2D eigenvalue weighted by Crippen LogP contribution is -2.61. The molecule has 3 N–H and O–H groups in total. The largest absolute Gasteiger partial charge is 0.389 e. The lowest BCUT2D eigenvalue weighted by molar-refractivity contribution is -0.250. The highest BCUT2D eigenvalue weighted by atomic mass is 32.2. The van der Waals surface area contributed by atoms with E-state index in [2.05, 4.69) is 16.9 Å². The van der Waals surface area contributed by atoms with E-state index in [1.54, 1.807) is 13.8 Å². The van der Waals surface area contributed by atoms with Crippen LogP contribution >= 0.6 is 0 Å². The minimum absolute atomic E-state index is 0.0897. The van der Waals surface area contributed by atoms with Crippen LogP contribution in [0.1, 0.15) is 57.9 Å². The van der Waals surface area contributed by atoms with E-state index in [0.717, 1.165) is 5.56 Å². The van der Waals surface area contributed by atoms with E-state index in [1.807, 2.05) is 44.1 Å². The van der Waals surface area contributed by atoms with Gasteiger partial charge in [0.1, 0.15) is 0 Å². The Morgan fingerprint density at radius 3 is 2.45 bits per heavy atom. The summed E-state index contributed by atoms with van der Waals surface area (Å²) in [5.74, 6) is 0.0897. The van der Waals surface area contributed by atoms with E-state index >= 15 is 0 Å². The van der Waals surface area contributed by atoms with Crippen molar-refractivity contribution in [1.29, 1.82) is 0 Å². The molecule has 0 saturated carbocycles. The molecule has 2 bridgehead atoms. The van der Waals surface area contributed by atoms with Crippen molar-refractivity contribution in [2.75, 3.05) is 20.6 Å². The van der Waals surface area contributed by atoms with Crippen molar-refractivity contribution in [3.05, 3.63) is 35.9 Å². The van der Waals surface area contributed by atoms with Gasteiger partial charge in [0.15, 0.2) is 0 Å². The van der Waals surface area contributed by atoms with Crippen LogP contribution in [0, 0.1) is 0 Å². The number of nitrogens with zero attached hydrogens (tertiary/aromatic N) is 1. The van der Waals surface area contributed by atoms with Crippen LogP contribution in [-0.2, 0) is 14.8 Å². The number of aliphatic hydroxyl groups is 2. The number of benzene rings is 1. The van der Waals surface area contributed by atoms with Gasteiger partial charge in [-0.1, -0.05) is 30.3 Å². The summed E-state index contributed by atoms with van der Waals surface area (Å²) in [7, 11) is 0.380. The predicted octanol–water partition coefficient (Wildman–Crippen LogP) is 1.85. The van der Waals surface area contributed by atoms with Gasteiger partial charge >= 0.3 is 0 Å². The topological polar surface area (TPSA) is 99.1 Å². The van der Waals surface area contributed by atoms with Crippen molar-refractivity contribution in [1.82, 2.24) is 9.62 Å². The van der Waals surface area contributed by atoms with Crippen molar-refractivity contribution in [3.63, 3.8) is 0 Å². The Kier molecular flexibility index (Phi) is 7.21. The molecule has 31 heavy (non-hydrogen) atoms. The number of likely N-dealkylation sites (N-methyl/N-ethyl adjacent to an activating group) is 1. The van der Waals surface area contributed by atoms with Gasteiger partial charge in [0.25, 0.3) is 0 Å². The molecule has 7 nitrogen and oxygen atoms in total. The van der Waals surface area contributed by atoms with Crippen molar-refractivity contribution < 1.29 is 23.4 Å². The molecule has 0 radical (unpaired) electrons. The van der Waals surface area contributed by atoms with Crippen LogP contribution in [0.4, 0.5) is 0 Å². The number of ether oxygens (including phenoxy) is 1. The molecule has 1 aromatic carbocycles. The first-order valence-electron chi connectivity index (χ1n) is 11.2. The zero-order valence-corrected chi connectivity index (χ0v) is 20.1. The number of fused-ring (bicyclic) bond motifs is 2. The highest BCUT2D eigenvalue weighted by Gasteiger charge is 2.57. The van der Waals surface area contributed by atoms with Gasteiger partial charge in [0.05, 0.1) is 28.7 Å². The maximum Gasteiger partial charge on any atom is 0.214 e. The first-order valence-corrected chi connectivity index (χ1v) is 12.7. The van der Waals surface area contributed by atoms with Crippen molar-refractivity contribution >= 4 is 10.0 Å². The summed E-state index contributed by atoms with van der Waals surface area (Å²) >= 11 is 0. The molecule has 0 aliphatic carbocycles. The molecule has 2 aliphatic heterocycles. The summed E-state index contributed by atoms with van der Waals surface area (Å²) < 4.78 is 33.7. The molecule has 2 fully saturated rings. The van der Waals surface area contributed by atoms with Crippen LogP contribution in [0.3, 0.4) is 0 Å². The lowest BCUT2D eigenvalue weighted by atomic mass is 9.72. The van der Waals surface area contributed by atoms with Crippen molar-refractivity contribution in [3.8, 4) is 0 Å². The average Bonchev–Trinajstić information content (AvgIpc) is 2.79. The highest BCUT2D eigenvalue weighted by molar-refractivity contribution is 7.90. The van der Waals surface area contributed by atoms with E-state index < -0.39 is 38.7 Å². The fourth-order valence-corrected chi connectivity index (χ4v) is 5.96. The van der Waals surface area contributed by atoms with Crippen LogP contribution < -0.4 is 4.72 Å². The molecule has 0 amide bonds. The first-order chi connectivity index (χ1) is 14.4. The quantitative estimate of drug-likeness (QED) is 0.582. The Balaban J connectivity index is 1.96. The molecule has 0 aromatic heterocycles. The molecule has 8 heteroatoms. The smallest absolute Gasteiger partial charge is 0.214 e. The maximum atomic E-state index is 12.3. The molecule has 176 valence electrons. The minimum Gasteiger partial charge on any atom is -0.389 e. The Morgan fingerprint density at radius 1 is 1.23 bits per heavy atom. The van der Waals surface area contributed by atoms with Gasteiger partial charge in [0, 0.05) is 12.6 Å². The molecule has 1 aromatic rings. The average molecular weight is 455 g/mol. The standard InChI is InChI=1S/C23H38N2O5S/c1-16(2)31(28,29)24-15-20(26)23-12-11-19(25(4)5)21(27)22(3,30-23)13-18(14-23)17-9-7-6-8-10-17/h6-10,16,18-21,24,26-27H,11-15H2,1-5H3/t18-,19-,20-,21+,22+,23+/m1/s1.